The van der Waals surface area contributed by atoms with Crippen LogP contribution in [0.5, 0.6) is 0 Å². The molecule has 6 heteroatoms. The molecule has 1 atom stereocenters. The number of aliphatic imine (C=N–C) groups is 1. The summed E-state index contributed by atoms with van der Waals surface area (Å²) < 4.78 is 11.1. The summed E-state index contributed by atoms with van der Waals surface area (Å²) in [6.45, 7) is 17.6. The number of benzene rings is 2. The summed E-state index contributed by atoms with van der Waals surface area (Å²) in [4.78, 5) is 4.79. The number of halogens is 1. The number of nitrogens with zero attached hydrogens (tertiary/aromatic N) is 2. The van der Waals surface area contributed by atoms with Gasteiger partial charge in [0.05, 0.1) is 11.6 Å². The van der Waals surface area contributed by atoms with Crippen LogP contribution >= 0.6 is 11.6 Å². The van der Waals surface area contributed by atoms with Gasteiger partial charge in [0.1, 0.15) is 0 Å². The van der Waals surface area contributed by atoms with Crippen LogP contribution in [-0.4, -0.2) is 16.7 Å². The van der Waals surface area contributed by atoms with E-state index in [1.165, 1.54) is 23.8 Å². The molecule has 0 N–H and O–H groups in total. The van der Waals surface area contributed by atoms with Gasteiger partial charge in [-0.15, -0.1) is 24.3 Å². The molecule has 0 spiro atoms. The summed E-state index contributed by atoms with van der Waals surface area (Å²) in [7, 11) is -0.891. The number of rotatable bonds is 6. The summed E-state index contributed by atoms with van der Waals surface area (Å²) in [5.41, 5.74) is 6.21. The Hall–Kier alpha value is -0.974. The molecular formula is C28H35ClKN2OS-. The molecule has 0 aliphatic heterocycles. The zero-order valence-electron chi connectivity index (χ0n) is 21.7. The maximum Gasteiger partial charge on any atom is 1.00 e. The molecule has 0 heterocycles. The molecule has 0 radical (unpaired) electrons. The van der Waals surface area contributed by atoms with E-state index < -0.39 is 10.8 Å². The van der Waals surface area contributed by atoms with Gasteiger partial charge in [-0.25, -0.2) is 0 Å². The first kappa shape index (κ1) is 35.2. The van der Waals surface area contributed by atoms with Gasteiger partial charge in [-0.1, -0.05) is 75.7 Å². The van der Waals surface area contributed by atoms with Crippen molar-refractivity contribution in [3.63, 3.8) is 0 Å². The van der Waals surface area contributed by atoms with Crippen molar-refractivity contribution >= 4 is 28.6 Å². The molecular weight excluding hydrogens is 487 g/mol. The Labute approximate surface area is 257 Å². The first-order valence-electron chi connectivity index (χ1n) is 10.8. The molecule has 3 nitrogen and oxygen atoms in total. The minimum atomic E-state index is -0.891. The van der Waals surface area contributed by atoms with Crippen LogP contribution in [0.1, 0.15) is 62.3 Å². The summed E-state index contributed by atoms with van der Waals surface area (Å²) in [5, 5.41) is 9.15. The maximum atomic E-state index is 11.1. The van der Waals surface area contributed by atoms with E-state index in [0.717, 1.165) is 34.4 Å². The van der Waals surface area contributed by atoms with Crippen LogP contribution in [0, 0.1) is 32.1 Å². The molecule has 0 saturated heterocycles. The Bertz CT molecular complexity index is 1040. The minimum absolute atomic E-state index is 0. The van der Waals surface area contributed by atoms with Crippen molar-refractivity contribution in [2.75, 3.05) is 6.26 Å². The van der Waals surface area contributed by atoms with Gasteiger partial charge >= 0.3 is 51.4 Å². The topological polar surface area (TPSA) is 53.2 Å². The minimum Gasteiger partial charge on any atom is -0.394 e. The van der Waals surface area contributed by atoms with Crippen LogP contribution in [0.3, 0.4) is 0 Å². The van der Waals surface area contributed by atoms with Crippen LogP contribution in [0.2, 0.25) is 5.02 Å². The molecule has 0 aliphatic rings. The van der Waals surface area contributed by atoms with Crippen LogP contribution in [0.25, 0.3) is 0 Å². The van der Waals surface area contributed by atoms with E-state index in [2.05, 4.69) is 51.6 Å². The zero-order valence-corrected chi connectivity index (χ0v) is 26.4. The van der Waals surface area contributed by atoms with Crippen LogP contribution in [-0.2, 0) is 10.8 Å². The van der Waals surface area contributed by atoms with Gasteiger partial charge in [0.25, 0.3) is 0 Å². The van der Waals surface area contributed by atoms with Gasteiger partial charge in [-0.2, -0.15) is 29.4 Å². The molecule has 2 aromatic carbocycles. The molecule has 0 fully saturated rings. The molecule has 0 aromatic heterocycles. The van der Waals surface area contributed by atoms with E-state index in [9.17, 15) is 4.21 Å². The monoisotopic (exact) mass is 521 g/mol. The van der Waals surface area contributed by atoms with Gasteiger partial charge in [0.15, 0.2) is 0 Å². The van der Waals surface area contributed by atoms with E-state index in [1.807, 2.05) is 38.1 Å². The zero-order chi connectivity index (χ0) is 25.4. The average Bonchev–Trinajstić information content (AvgIpc) is 2.78. The Morgan fingerprint density at radius 1 is 1.24 bits per heavy atom. The first-order chi connectivity index (χ1) is 15.6. The summed E-state index contributed by atoms with van der Waals surface area (Å²) >= 11 is 5.64. The molecule has 0 amide bonds. The molecule has 0 bridgehead atoms. The van der Waals surface area contributed by atoms with E-state index in [0.29, 0.717) is 10.6 Å². The quantitative estimate of drug-likeness (QED) is 0.303. The van der Waals surface area contributed by atoms with E-state index in [-0.39, 0.29) is 51.4 Å². The Balaban J connectivity index is 0. The molecule has 0 aliphatic carbocycles. The van der Waals surface area contributed by atoms with Crippen LogP contribution < -0.4 is 51.4 Å². The standard InChI is InChI=1S/C11H18N.C9H11OS.C8H6ClN.K/c1-5-8-10(4)11(6-2)9-12-7-3;1-7-4-5-8(2)9(6-7)11(3)10;1-6-2-3-8(9)4-7(6)5-10;/h7H,3,5-6,8H2,1-2,4H3;4-6H,1H2,2-3H3;2-4H,1H3;/q2*-1;;+1/b11-10+;;;. The normalized spacial score (nSPS) is 11.5. The Morgan fingerprint density at radius 3 is 2.29 bits per heavy atom. The number of hydrogen-bond donors (Lipinski definition) is 0. The molecule has 0 saturated carbocycles. The predicted molar refractivity (Wildman–Crippen MR) is 144 cm³/mol. The van der Waals surface area contributed by atoms with Gasteiger partial charge in [-0.05, 0) is 36.4 Å². The third kappa shape index (κ3) is 14.4. The second-order valence-electron chi connectivity index (χ2n) is 7.41. The molecule has 178 valence electrons. The fraction of sp³-hybridized carbons (Fsp3) is 0.321. The van der Waals surface area contributed by atoms with Crippen molar-refractivity contribution in [2.24, 2.45) is 4.99 Å². The third-order valence-electron chi connectivity index (χ3n) is 4.67. The van der Waals surface area contributed by atoms with E-state index in [4.69, 9.17) is 16.9 Å². The smallest absolute Gasteiger partial charge is 0.394 e. The molecule has 34 heavy (non-hydrogen) atoms. The number of allylic oxidation sites excluding steroid dienone is 2. The van der Waals surface area contributed by atoms with Gasteiger partial charge in [0.2, 0.25) is 0 Å². The fourth-order valence-electron chi connectivity index (χ4n) is 2.79. The third-order valence-corrected chi connectivity index (χ3v) is 5.96. The maximum absolute atomic E-state index is 11.1. The predicted octanol–water partition coefficient (Wildman–Crippen LogP) is 5.04. The molecule has 2 aromatic rings. The summed E-state index contributed by atoms with van der Waals surface area (Å²) in [5.74, 6) is 0. The van der Waals surface area contributed by atoms with Crippen LogP contribution in [0.15, 0.2) is 70.2 Å². The second-order valence-corrected chi connectivity index (χ2v) is 9.20. The van der Waals surface area contributed by atoms with Crippen molar-refractivity contribution in [1.82, 2.24) is 0 Å². The fourth-order valence-corrected chi connectivity index (χ4v) is 3.81. The summed E-state index contributed by atoms with van der Waals surface area (Å²) in [6.07, 6.45) is 9.53. The second kappa shape index (κ2) is 20.2. The van der Waals surface area contributed by atoms with Gasteiger partial charge in [-0.3, -0.25) is 4.21 Å². The molecule has 2 rings (SSSR count). The van der Waals surface area contributed by atoms with Crippen LogP contribution in [0.4, 0.5) is 0 Å². The van der Waals surface area contributed by atoms with Crippen molar-refractivity contribution < 1.29 is 55.6 Å². The van der Waals surface area contributed by atoms with E-state index >= 15 is 0 Å². The average molecular weight is 522 g/mol. The Morgan fingerprint density at radius 2 is 1.85 bits per heavy atom. The van der Waals surface area contributed by atoms with E-state index in [1.54, 1.807) is 18.4 Å². The van der Waals surface area contributed by atoms with Crippen molar-refractivity contribution in [3.05, 3.63) is 94.5 Å². The first-order valence-corrected chi connectivity index (χ1v) is 12.7. The van der Waals surface area contributed by atoms with Gasteiger partial charge < -0.3 is 4.99 Å². The summed E-state index contributed by atoms with van der Waals surface area (Å²) in [6, 6.07) is 13.1. The van der Waals surface area contributed by atoms with Crippen molar-refractivity contribution in [3.8, 4) is 6.07 Å². The Kier molecular flexibility index (Phi) is 21.0. The number of hydrogen-bond acceptors (Lipinski definition) is 3. The largest absolute Gasteiger partial charge is 1.00 e. The number of nitriles is 1. The molecule has 1 unspecified atom stereocenters. The van der Waals surface area contributed by atoms with Crippen molar-refractivity contribution in [2.45, 2.75) is 58.8 Å². The SMILES string of the molecule is C=CN=[C-]/C(CC)=C(\C)CCC.Cc1ccc(Cl)cc1C#N.[CH2-]c1ccc(C)c(S(C)=O)c1.[K+]. The number of aryl methyl sites for hydroxylation is 2. The van der Waals surface area contributed by atoms with Gasteiger partial charge in [0, 0.05) is 22.1 Å². The van der Waals surface area contributed by atoms with Crippen molar-refractivity contribution in [1.29, 1.82) is 5.26 Å².